The molecule has 4 aromatic rings. The molecule has 0 radical (unpaired) electrons. The lowest BCUT2D eigenvalue weighted by atomic mass is 10.0. The van der Waals surface area contributed by atoms with Crippen LogP contribution >= 0.6 is 11.3 Å². The Hall–Kier alpha value is -4.87. The molecule has 3 heterocycles. The predicted molar refractivity (Wildman–Crippen MR) is 126 cm³/mol. The van der Waals surface area contributed by atoms with Crippen molar-refractivity contribution in [3.05, 3.63) is 76.6 Å². The third kappa shape index (κ3) is 5.21. The Bertz CT molecular complexity index is 1520. The number of anilines is 1. The third-order valence-corrected chi connectivity index (χ3v) is 5.41. The highest BCUT2D eigenvalue weighted by Crippen LogP contribution is 2.33. The van der Waals surface area contributed by atoms with E-state index in [1.165, 1.54) is 57.1 Å². The summed E-state index contributed by atoms with van der Waals surface area (Å²) >= 11 is 1.07. The molecule has 0 aliphatic rings. The van der Waals surface area contributed by atoms with Crippen molar-refractivity contribution in [3.8, 4) is 40.5 Å². The summed E-state index contributed by atoms with van der Waals surface area (Å²) in [5.74, 6) is 5.46. The number of benzene rings is 1. The zero-order chi connectivity index (χ0) is 24.8. The fourth-order valence-electron chi connectivity index (χ4n) is 3.06. The number of aromatic nitrogens is 4. The predicted octanol–water partition coefficient (Wildman–Crippen LogP) is 3.68. The van der Waals surface area contributed by atoms with Crippen LogP contribution in [-0.4, -0.2) is 40.3 Å². The first kappa shape index (κ1) is 23.3. The van der Waals surface area contributed by atoms with Gasteiger partial charge in [-0.05, 0) is 30.2 Å². The number of halogens is 1. The molecule has 0 atom stereocenters. The van der Waals surface area contributed by atoms with Crippen molar-refractivity contribution in [2.45, 2.75) is 0 Å². The standard InChI is InChI=1S/C24H15FN6O3S/c1-33-20-5-4-15(25)10-17(20)18-13-27-8-7-16(18)23(32)29-24-31-30-22(35-24)6-3-14-9-21(34-2)19(11-26)28-12-14/h4-5,7-10,12-13H,1-2H3,(H,29,31,32). The van der Waals surface area contributed by atoms with Gasteiger partial charge < -0.3 is 9.47 Å². The van der Waals surface area contributed by atoms with Gasteiger partial charge in [0, 0.05) is 41.3 Å². The van der Waals surface area contributed by atoms with Crippen LogP contribution < -0.4 is 14.8 Å². The number of nitrogens with one attached hydrogen (secondary N) is 1. The van der Waals surface area contributed by atoms with E-state index in [1.807, 2.05) is 6.07 Å². The normalized spacial score (nSPS) is 10.0. The number of nitrogens with zero attached hydrogens (tertiary/aromatic N) is 5. The summed E-state index contributed by atoms with van der Waals surface area (Å²) in [6.07, 6.45) is 4.37. The Balaban J connectivity index is 1.56. The molecule has 11 heteroatoms. The van der Waals surface area contributed by atoms with Gasteiger partial charge in [0.1, 0.15) is 17.6 Å². The molecule has 0 bridgehead atoms. The molecule has 0 spiro atoms. The van der Waals surface area contributed by atoms with Crippen molar-refractivity contribution in [1.82, 2.24) is 20.2 Å². The van der Waals surface area contributed by atoms with E-state index < -0.39 is 11.7 Å². The molecule has 35 heavy (non-hydrogen) atoms. The van der Waals surface area contributed by atoms with E-state index in [2.05, 4.69) is 37.3 Å². The number of carbonyl (C=O) groups is 1. The van der Waals surface area contributed by atoms with Gasteiger partial charge in [0.15, 0.2) is 16.5 Å². The summed E-state index contributed by atoms with van der Waals surface area (Å²) in [6.45, 7) is 0. The molecule has 0 unspecified atom stereocenters. The number of ether oxygens (including phenoxy) is 2. The van der Waals surface area contributed by atoms with Gasteiger partial charge in [0.05, 0.1) is 19.8 Å². The average molecular weight is 486 g/mol. The van der Waals surface area contributed by atoms with E-state index >= 15 is 0 Å². The molecule has 9 nitrogen and oxygen atoms in total. The largest absolute Gasteiger partial charge is 0.496 e. The van der Waals surface area contributed by atoms with Crippen LogP contribution in [0.25, 0.3) is 11.1 Å². The highest BCUT2D eigenvalue weighted by Gasteiger charge is 2.18. The van der Waals surface area contributed by atoms with Crippen LogP contribution in [0.15, 0.2) is 48.9 Å². The van der Waals surface area contributed by atoms with E-state index in [1.54, 1.807) is 6.07 Å². The number of hydrogen-bond donors (Lipinski definition) is 1. The Labute approximate surface area is 203 Å². The summed E-state index contributed by atoms with van der Waals surface area (Å²) in [6, 6.07) is 9.07. The van der Waals surface area contributed by atoms with Gasteiger partial charge in [-0.3, -0.25) is 15.1 Å². The lowest BCUT2D eigenvalue weighted by Crippen LogP contribution is -2.13. The number of rotatable bonds is 5. The van der Waals surface area contributed by atoms with Gasteiger partial charge >= 0.3 is 0 Å². The Morgan fingerprint density at radius 3 is 2.66 bits per heavy atom. The molecule has 0 saturated heterocycles. The van der Waals surface area contributed by atoms with E-state index in [9.17, 15) is 9.18 Å². The Kier molecular flexibility index (Phi) is 6.91. The summed E-state index contributed by atoms with van der Waals surface area (Å²) in [7, 11) is 2.90. The van der Waals surface area contributed by atoms with Gasteiger partial charge in [0.2, 0.25) is 5.13 Å². The number of methoxy groups -OCH3 is 2. The summed E-state index contributed by atoms with van der Waals surface area (Å²) in [5, 5.41) is 20.2. The second kappa shape index (κ2) is 10.4. The molecule has 0 saturated carbocycles. The van der Waals surface area contributed by atoms with Crippen LogP contribution in [0.2, 0.25) is 0 Å². The zero-order valence-corrected chi connectivity index (χ0v) is 19.2. The quantitative estimate of drug-likeness (QED) is 0.424. The summed E-state index contributed by atoms with van der Waals surface area (Å²) in [5.41, 5.74) is 1.72. The van der Waals surface area contributed by atoms with Gasteiger partial charge in [0.25, 0.3) is 5.91 Å². The van der Waals surface area contributed by atoms with E-state index in [-0.39, 0.29) is 16.4 Å². The minimum atomic E-state index is -0.481. The molecule has 4 rings (SSSR count). The minimum absolute atomic E-state index is 0.158. The maximum absolute atomic E-state index is 13.9. The summed E-state index contributed by atoms with van der Waals surface area (Å²) in [4.78, 5) is 21.1. The maximum atomic E-state index is 13.9. The van der Waals surface area contributed by atoms with Crippen molar-refractivity contribution in [2.75, 3.05) is 19.5 Å². The first-order valence-electron chi connectivity index (χ1n) is 9.91. The van der Waals surface area contributed by atoms with Crippen LogP contribution in [-0.2, 0) is 0 Å². The third-order valence-electron chi connectivity index (χ3n) is 4.66. The smallest absolute Gasteiger partial charge is 0.258 e. The minimum Gasteiger partial charge on any atom is -0.496 e. The van der Waals surface area contributed by atoms with Gasteiger partial charge in [-0.1, -0.05) is 17.3 Å². The van der Waals surface area contributed by atoms with Crippen molar-refractivity contribution in [1.29, 1.82) is 5.26 Å². The highest BCUT2D eigenvalue weighted by molar-refractivity contribution is 7.15. The Morgan fingerprint density at radius 2 is 1.89 bits per heavy atom. The molecule has 0 aliphatic heterocycles. The molecule has 1 aromatic carbocycles. The van der Waals surface area contributed by atoms with E-state index in [0.717, 1.165) is 11.3 Å². The molecule has 1 N–H and O–H groups in total. The fraction of sp³-hybridized carbons (Fsp3) is 0.0833. The van der Waals surface area contributed by atoms with Gasteiger partial charge in [-0.25, -0.2) is 9.37 Å². The van der Waals surface area contributed by atoms with Crippen LogP contribution in [0, 0.1) is 29.0 Å². The monoisotopic (exact) mass is 486 g/mol. The second-order valence-electron chi connectivity index (χ2n) is 6.77. The highest BCUT2D eigenvalue weighted by atomic mass is 32.1. The fourth-order valence-corrected chi connectivity index (χ4v) is 3.66. The Morgan fingerprint density at radius 1 is 1.06 bits per heavy atom. The van der Waals surface area contributed by atoms with Crippen LogP contribution in [0.5, 0.6) is 11.5 Å². The molecule has 0 aliphatic carbocycles. The maximum Gasteiger partial charge on any atom is 0.258 e. The average Bonchev–Trinajstić information content (AvgIpc) is 3.34. The molecular formula is C24H15FN6O3S. The van der Waals surface area contributed by atoms with Crippen molar-refractivity contribution >= 4 is 22.4 Å². The number of hydrogen-bond acceptors (Lipinski definition) is 9. The lowest BCUT2D eigenvalue weighted by molar-refractivity contribution is 0.102. The first-order chi connectivity index (χ1) is 17.0. The number of pyridine rings is 2. The van der Waals surface area contributed by atoms with Gasteiger partial charge in [-0.2, -0.15) is 5.26 Å². The number of carbonyl (C=O) groups excluding carboxylic acids is 1. The second-order valence-corrected chi connectivity index (χ2v) is 7.75. The molecule has 0 fully saturated rings. The number of nitriles is 1. The first-order valence-corrected chi connectivity index (χ1v) is 10.7. The molecular weight excluding hydrogens is 471 g/mol. The van der Waals surface area contributed by atoms with Crippen LogP contribution in [0.4, 0.5) is 9.52 Å². The molecule has 1 amide bonds. The van der Waals surface area contributed by atoms with Crippen molar-refractivity contribution in [3.63, 3.8) is 0 Å². The van der Waals surface area contributed by atoms with E-state index in [4.69, 9.17) is 14.7 Å². The number of amides is 1. The van der Waals surface area contributed by atoms with Crippen LogP contribution in [0.1, 0.15) is 26.6 Å². The zero-order valence-electron chi connectivity index (χ0n) is 18.4. The topological polar surface area (TPSA) is 123 Å². The summed E-state index contributed by atoms with van der Waals surface area (Å²) < 4.78 is 24.3. The van der Waals surface area contributed by atoms with Crippen molar-refractivity contribution < 1.29 is 18.7 Å². The lowest BCUT2D eigenvalue weighted by Gasteiger charge is -2.12. The van der Waals surface area contributed by atoms with E-state index in [0.29, 0.717) is 33.2 Å². The molecule has 3 aromatic heterocycles. The SMILES string of the molecule is COc1ccc(F)cc1-c1cnccc1C(=O)Nc1nnc(C#Cc2cnc(C#N)c(OC)c2)s1. The van der Waals surface area contributed by atoms with Gasteiger partial charge in [-0.15, -0.1) is 10.2 Å². The molecule has 172 valence electrons. The van der Waals surface area contributed by atoms with Crippen LogP contribution in [0.3, 0.4) is 0 Å². The van der Waals surface area contributed by atoms with Crippen molar-refractivity contribution in [2.24, 2.45) is 0 Å².